The van der Waals surface area contributed by atoms with Gasteiger partial charge in [0.1, 0.15) is 0 Å². The Morgan fingerprint density at radius 1 is 1.50 bits per heavy atom. The fourth-order valence-electron chi connectivity index (χ4n) is 0.732. The van der Waals surface area contributed by atoms with Gasteiger partial charge in [-0.2, -0.15) is 8.42 Å². The molecule has 0 saturated heterocycles. The van der Waals surface area contributed by atoms with Crippen LogP contribution in [0.3, 0.4) is 0 Å². The molecule has 0 aromatic rings. The highest BCUT2D eigenvalue weighted by Crippen LogP contribution is 2.05. The summed E-state index contributed by atoms with van der Waals surface area (Å²) in [5, 5.41) is 2.72. The van der Waals surface area contributed by atoms with E-state index in [9.17, 15) is 8.42 Å². The quantitative estimate of drug-likeness (QED) is 0.594. The average molecular weight is 191 g/mol. The topological polar surface area (TPSA) is 80.1 Å². The van der Waals surface area contributed by atoms with Crippen LogP contribution in [0.2, 0.25) is 0 Å². The zero-order valence-corrected chi connectivity index (χ0v) is 7.55. The number of likely N-dealkylation sites (N-methyl/N-ethyl adjacent to an activating group) is 1. The van der Waals surface area contributed by atoms with Gasteiger partial charge in [-0.25, -0.2) is 0 Å². The maximum atomic E-state index is 10.8. The lowest BCUT2D eigenvalue weighted by Gasteiger charge is -2.01. The monoisotopic (exact) mass is 191 g/mol. The van der Waals surface area contributed by atoms with Crippen LogP contribution in [0, 0.1) is 0 Å². The molecule has 0 amide bonds. The van der Waals surface area contributed by atoms with E-state index in [2.05, 4.69) is 18.8 Å². The van der Waals surface area contributed by atoms with E-state index in [1.165, 1.54) is 7.11 Å². The maximum Gasteiger partial charge on any atom is 0.368 e. The highest BCUT2D eigenvalue weighted by Gasteiger charge is 2.23. The molecule has 1 heterocycles. The fraction of sp³-hybridized carbons (Fsp3) is 0.600. The lowest BCUT2D eigenvalue weighted by Crippen LogP contribution is -2.29. The van der Waals surface area contributed by atoms with Crippen LogP contribution < -0.4 is 5.32 Å². The fourth-order valence-corrected chi connectivity index (χ4v) is 1.52. The van der Waals surface area contributed by atoms with Crippen LogP contribution >= 0.6 is 0 Å². The summed E-state index contributed by atoms with van der Waals surface area (Å²) in [5.74, 6) is 0.178. The summed E-state index contributed by atoms with van der Waals surface area (Å²) in [4.78, 5) is 0. The van der Waals surface area contributed by atoms with E-state index >= 15 is 0 Å². The Morgan fingerprint density at radius 3 is 2.67 bits per heavy atom. The van der Waals surface area contributed by atoms with Crippen LogP contribution in [-0.4, -0.2) is 33.8 Å². The van der Waals surface area contributed by atoms with Crippen molar-refractivity contribution in [3.8, 4) is 0 Å². The number of nitrogens with one attached hydrogen (secondary N) is 1. The van der Waals surface area contributed by atoms with Gasteiger partial charge in [-0.15, -0.1) is 8.80 Å². The number of amidine groups is 1. The molecular formula is C5H9N3O3S. The SMILES string of the molecule is CCNC1=NS(=O)(=O)N=C1OC. The molecule has 0 radical (unpaired) electrons. The Balaban J connectivity index is 2.96. The Bertz CT molecular complexity index is 330. The first kappa shape index (κ1) is 8.98. The van der Waals surface area contributed by atoms with Gasteiger partial charge < -0.3 is 10.1 Å². The number of hydrogen-bond acceptors (Lipinski definition) is 4. The first-order chi connectivity index (χ1) is 5.59. The molecule has 68 valence electrons. The minimum atomic E-state index is -3.69. The minimum absolute atomic E-state index is 0.0110. The van der Waals surface area contributed by atoms with Gasteiger partial charge in [-0.05, 0) is 6.92 Å². The van der Waals surface area contributed by atoms with E-state index in [-0.39, 0.29) is 11.7 Å². The van der Waals surface area contributed by atoms with Gasteiger partial charge >= 0.3 is 10.2 Å². The van der Waals surface area contributed by atoms with Crippen molar-refractivity contribution in [1.29, 1.82) is 0 Å². The number of nitrogens with zero attached hydrogens (tertiary/aromatic N) is 2. The minimum Gasteiger partial charge on any atom is -0.478 e. The molecular weight excluding hydrogens is 182 g/mol. The number of rotatable bonds is 1. The van der Waals surface area contributed by atoms with Crippen LogP contribution in [0.1, 0.15) is 6.92 Å². The largest absolute Gasteiger partial charge is 0.478 e. The van der Waals surface area contributed by atoms with Crippen molar-refractivity contribution in [3.63, 3.8) is 0 Å². The molecule has 0 spiro atoms. The molecule has 0 aromatic carbocycles. The van der Waals surface area contributed by atoms with Crippen molar-refractivity contribution in [2.45, 2.75) is 6.92 Å². The third kappa shape index (κ3) is 1.73. The van der Waals surface area contributed by atoms with Gasteiger partial charge in [0.05, 0.1) is 7.11 Å². The molecule has 0 saturated carbocycles. The summed E-state index contributed by atoms with van der Waals surface area (Å²) in [6.07, 6.45) is 0. The van der Waals surface area contributed by atoms with Crippen LogP contribution in [-0.2, 0) is 14.9 Å². The van der Waals surface area contributed by atoms with E-state index < -0.39 is 10.2 Å². The molecule has 0 aliphatic carbocycles. The Labute approximate surface area is 70.5 Å². The first-order valence-electron chi connectivity index (χ1n) is 3.32. The molecule has 6 nitrogen and oxygen atoms in total. The van der Waals surface area contributed by atoms with Gasteiger partial charge in [0, 0.05) is 6.54 Å². The van der Waals surface area contributed by atoms with Gasteiger partial charge in [-0.1, -0.05) is 0 Å². The van der Waals surface area contributed by atoms with Crippen molar-refractivity contribution in [3.05, 3.63) is 0 Å². The Hall–Kier alpha value is -1.11. The predicted octanol–water partition coefficient (Wildman–Crippen LogP) is -0.702. The van der Waals surface area contributed by atoms with Crippen LogP contribution in [0.15, 0.2) is 8.80 Å². The van der Waals surface area contributed by atoms with E-state index in [1.54, 1.807) is 0 Å². The summed E-state index contributed by atoms with van der Waals surface area (Å²) >= 11 is 0. The van der Waals surface area contributed by atoms with Crippen LogP contribution in [0.25, 0.3) is 0 Å². The molecule has 1 aliphatic heterocycles. The van der Waals surface area contributed by atoms with Crippen molar-refractivity contribution in [1.82, 2.24) is 5.32 Å². The number of hydrogen-bond donors (Lipinski definition) is 1. The lowest BCUT2D eigenvalue weighted by atomic mass is 10.5. The zero-order chi connectivity index (χ0) is 9.19. The van der Waals surface area contributed by atoms with Crippen LogP contribution in [0.4, 0.5) is 0 Å². The summed E-state index contributed by atoms with van der Waals surface area (Å²) in [6.45, 7) is 2.39. The first-order valence-corrected chi connectivity index (χ1v) is 4.72. The molecule has 1 aliphatic rings. The molecule has 0 bridgehead atoms. The van der Waals surface area contributed by atoms with Gasteiger partial charge in [0.2, 0.25) is 5.84 Å². The summed E-state index contributed by atoms with van der Waals surface area (Å²) in [6, 6.07) is 0. The second kappa shape index (κ2) is 3.10. The van der Waals surface area contributed by atoms with E-state index in [1.807, 2.05) is 6.92 Å². The molecule has 0 unspecified atom stereocenters. The lowest BCUT2D eigenvalue weighted by molar-refractivity contribution is 0.411. The maximum absolute atomic E-state index is 10.8. The standard InChI is InChI=1S/C5H9N3O3S/c1-3-6-4-5(11-2)8-12(9,10)7-4/h3H2,1-2H3,(H,6,7). The molecule has 7 heteroatoms. The highest BCUT2D eigenvalue weighted by molar-refractivity contribution is 7.89. The highest BCUT2D eigenvalue weighted by atomic mass is 32.2. The normalized spacial score (nSPS) is 19.8. The second-order valence-corrected chi connectivity index (χ2v) is 3.28. The summed E-state index contributed by atoms with van der Waals surface area (Å²) in [7, 11) is -2.35. The Morgan fingerprint density at radius 2 is 2.17 bits per heavy atom. The Kier molecular flexibility index (Phi) is 2.32. The van der Waals surface area contributed by atoms with Gasteiger partial charge in [0.15, 0.2) is 0 Å². The molecule has 1 N–H and O–H groups in total. The third-order valence-corrected chi connectivity index (χ3v) is 1.95. The number of ether oxygens (including phenoxy) is 1. The smallest absolute Gasteiger partial charge is 0.368 e. The van der Waals surface area contributed by atoms with Crippen molar-refractivity contribution in [2.24, 2.45) is 8.80 Å². The van der Waals surface area contributed by atoms with Crippen LogP contribution in [0.5, 0.6) is 0 Å². The van der Waals surface area contributed by atoms with Crippen molar-refractivity contribution >= 4 is 21.9 Å². The molecule has 0 aromatic heterocycles. The van der Waals surface area contributed by atoms with Crippen molar-refractivity contribution < 1.29 is 13.2 Å². The van der Waals surface area contributed by atoms with Gasteiger partial charge in [-0.3, -0.25) is 0 Å². The second-order valence-electron chi connectivity index (χ2n) is 2.02. The van der Waals surface area contributed by atoms with Crippen molar-refractivity contribution in [2.75, 3.05) is 13.7 Å². The zero-order valence-electron chi connectivity index (χ0n) is 6.73. The summed E-state index contributed by atoms with van der Waals surface area (Å²) < 4.78 is 32.8. The van der Waals surface area contributed by atoms with E-state index in [0.29, 0.717) is 6.54 Å². The van der Waals surface area contributed by atoms with E-state index in [4.69, 9.17) is 0 Å². The molecule has 0 fully saturated rings. The van der Waals surface area contributed by atoms with Gasteiger partial charge in [0.25, 0.3) is 5.90 Å². The number of methoxy groups -OCH3 is 1. The third-order valence-electron chi connectivity index (χ3n) is 1.15. The molecule has 0 atom stereocenters. The molecule has 12 heavy (non-hydrogen) atoms. The van der Waals surface area contributed by atoms with E-state index in [0.717, 1.165) is 0 Å². The summed E-state index contributed by atoms with van der Waals surface area (Å²) in [5.41, 5.74) is 0. The molecule has 1 rings (SSSR count). The average Bonchev–Trinajstić information content (AvgIpc) is 2.26. The predicted molar refractivity (Wildman–Crippen MR) is 44.5 cm³/mol.